The van der Waals surface area contributed by atoms with E-state index >= 15 is 0 Å². The Morgan fingerprint density at radius 1 is 1.20 bits per heavy atom. The van der Waals surface area contributed by atoms with E-state index in [1.807, 2.05) is 49.5 Å². The fourth-order valence-electron chi connectivity index (χ4n) is 3.66. The molecule has 6 heteroatoms. The van der Waals surface area contributed by atoms with Gasteiger partial charge in [0.25, 0.3) is 0 Å². The molecular formula is C24H25ClN2O3. The van der Waals surface area contributed by atoms with E-state index in [9.17, 15) is 4.79 Å². The summed E-state index contributed by atoms with van der Waals surface area (Å²) in [6, 6.07) is 13.8. The standard InChI is InChI=1S/C24H25ClN2O3/c1-26(16-19-4-2-3-5-22(19)27-10-12-29-13-11-27)24(28)9-6-18-14-20-15-21(25)7-8-23(20)30-17-18/h2-9,14-15H,10-13,16-17H2,1H3. The van der Waals surface area contributed by atoms with E-state index in [0.29, 0.717) is 18.2 Å². The third-order valence-electron chi connectivity index (χ3n) is 5.27. The van der Waals surface area contributed by atoms with Gasteiger partial charge in [-0.15, -0.1) is 0 Å². The maximum atomic E-state index is 12.7. The third-order valence-corrected chi connectivity index (χ3v) is 5.51. The summed E-state index contributed by atoms with van der Waals surface area (Å²) in [6.07, 6.45) is 5.42. The van der Waals surface area contributed by atoms with Crippen LogP contribution in [0, 0.1) is 0 Å². The van der Waals surface area contributed by atoms with Crippen molar-refractivity contribution in [3.63, 3.8) is 0 Å². The summed E-state index contributed by atoms with van der Waals surface area (Å²) in [5.41, 5.74) is 4.16. The van der Waals surface area contributed by atoms with Crippen LogP contribution in [0.1, 0.15) is 11.1 Å². The third kappa shape index (κ3) is 4.86. The molecule has 2 aromatic rings. The Morgan fingerprint density at radius 2 is 2.00 bits per heavy atom. The lowest BCUT2D eigenvalue weighted by Gasteiger charge is -2.31. The van der Waals surface area contributed by atoms with Gasteiger partial charge in [0.2, 0.25) is 5.91 Å². The lowest BCUT2D eigenvalue weighted by molar-refractivity contribution is -0.125. The number of benzene rings is 2. The van der Waals surface area contributed by atoms with Crippen LogP contribution in [0.5, 0.6) is 5.75 Å². The highest BCUT2D eigenvalue weighted by Crippen LogP contribution is 2.29. The van der Waals surface area contributed by atoms with Crippen molar-refractivity contribution >= 4 is 29.3 Å². The van der Waals surface area contributed by atoms with Crippen molar-refractivity contribution < 1.29 is 14.3 Å². The molecule has 2 aliphatic rings. The van der Waals surface area contributed by atoms with Crippen molar-refractivity contribution in [2.45, 2.75) is 6.54 Å². The molecule has 1 saturated heterocycles. The Kier molecular flexibility index (Phi) is 6.41. The predicted octanol–water partition coefficient (Wildman–Crippen LogP) is 4.17. The van der Waals surface area contributed by atoms with E-state index in [2.05, 4.69) is 17.0 Å². The van der Waals surface area contributed by atoms with Gasteiger partial charge in [-0.3, -0.25) is 4.79 Å². The van der Waals surface area contributed by atoms with Crippen LogP contribution in [0.2, 0.25) is 5.02 Å². The smallest absolute Gasteiger partial charge is 0.246 e. The van der Waals surface area contributed by atoms with Crippen LogP contribution >= 0.6 is 11.6 Å². The number of hydrogen-bond donors (Lipinski definition) is 0. The summed E-state index contributed by atoms with van der Waals surface area (Å²) < 4.78 is 11.2. The number of halogens is 1. The number of fused-ring (bicyclic) bond motifs is 1. The number of anilines is 1. The van der Waals surface area contributed by atoms with Gasteiger partial charge in [-0.05, 0) is 41.5 Å². The second-order valence-corrected chi connectivity index (χ2v) is 7.88. The molecule has 0 spiro atoms. The maximum Gasteiger partial charge on any atom is 0.246 e. The summed E-state index contributed by atoms with van der Waals surface area (Å²) in [4.78, 5) is 16.7. The van der Waals surface area contributed by atoms with Crippen LogP contribution in [0.3, 0.4) is 0 Å². The molecule has 0 aliphatic carbocycles. The van der Waals surface area contributed by atoms with Crippen molar-refractivity contribution in [2.24, 2.45) is 0 Å². The number of carbonyl (C=O) groups excluding carboxylic acids is 1. The Labute approximate surface area is 182 Å². The van der Waals surface area contributed by atoms with E-state index in [4.69, 9.17) is 21.1 Å². The Balaban J connectivity index is 1.42. The van der Waals surface area contributed by atoms with Gasteiger partial charge in [0.1, 0.15) is 12.4 Å². The van der Waals surface area contributed by atoms with E-state index in [1.165, 1.54) is 5.69 Å². The highest BCUT2D eigenvalue weighted by molar-refractivity contribution is 6.30. The number of carbonyl (C=O) groups is 1. The Morgan fingerprint density at radius 3 is 2.83 bits per heavy atom. The molecule has 1 amide bonds. The number of morpholine rings is 1. The Hall–Kier alpha value is -2.76. The highest BCUT2D eigenvalue weighted by atomic mass is 35.5. The molecule has 0 aromatic heterocycles. The maximum absolute atomic E-state index is 12.7. The van der Waals surface area contributed by atoms with Crippen molar-refractivity contribution in [3.8, 4) is 5.75 Å². The molecule has 1 fully saturated rings. The van der Waals surface area contributed by atoms with Crippen molar-refractivity contribution in [1.82, 2.24) is 4.90 Å². The Bertz CT molecular complexity index is 980. The van der Waals surface area contributed by atoms with Crippen molar-refractivity contribution in [3.05, 3.63) is 76.3 Å². The van der Waals surface area contributed by atoms with Crippen molar-refractivity contribution in [1.29, 1.82) is 0 Å². The zero-order chi connectivity index (χ0) is 20.9. The molecule has 0 radical (unpaired) electrons. The van der Waals surface area contributed by atoms with Gasteiger partial charge in [0, 0.05) is 49.0 Å². The molecular weight excluding hydrogens is 400 g/mol. The van der Waals surface area contributed by atoms with Gasteiger partial charge in [-0.1, -0.05) is 35.9 Å². The molecule has 30 heavy (non-hydrogen) atoms. The van der Waals surface area contributed by atoms with Crippen LogP contribution in [-0.2, 0) is 16.1 Å². The fraction of sp³-hybridized carbons (Fsp3) is 0.292. The first kappa shape index (κ1) is 20.5. The minimum atomic E-state index is -0.0513. The van der Waals surface area contributed by atoms with E-state index in [1.54, 1.807) is 11.0 Å². The van der Waals surface area contributed by atoms with Gasteiger partial charge < -0.3 is 19.3 Å². The minimum absolute atomic E-state index is 0.0513. The van der Waals surface area contributed by atoms with Gasteiger partial charge in [0.15, 0.2) is 0 Å². The highest BCUT2D eigenvalue weighted by Gasteiger charge is 2.16. The zero-order valence-corrected chi connectivity index (χ0v) is 17.8. The first-order valence-electron chi connectivity index (χ1n) is 10.1. The molecule has 0 unspecified atom stereocenters. The largest absolute Gasteiger partial charge is 0.488 e. The zero-order valence-electron chi connectivity index (χ0n) is 17.0. The monoisotopic (exact) mass is 424 g/mol. The van der Waals surface area contributed by atoms with Crippen LogP contribution in [0.15, 0.2) is 60.2 Å². The summed E-state index contributed by atoms with van der Waals surface area (Å²) >= 11 is 6.07. The van der Waals surface area contributed by atoms with Crippen LogP contribution in [0.25, 0.3) is 6.08 Å². The normalized spacial score (nSPS) is 16.1. The molecule has 0 N–H and O–H groups in total. The molecule has 4 rings (SSSR count). The summed E-state index contributed by atoms with van der Waals surface area (Å²) in [6.45, 7) is 4.18. The van der Waals surface area contributed by atoms with E-state index in [0.717, 1.165) is 48.8 Å². The molecule has 2 aliphatic heterocycles. The lowest BCUT2D eigenvalue weighted by Crippen LogP contribution is -2.37. The van der Waals surface area contributed by atoms with Gasteiger partial charge in [-0.25, -0.2) is 0 Å². The number of rotatable bonds is 5. The molecule has 2 heterocycles. The van der Waals surface area contributed by atoms with E-state index in [-0.39, 0.29) is 5.91 Å². The van der Waals surface area contributed by atoms with E-state index < -0.39 is 0 Å². The van der Waals surface area contributed by atoms with Crippen LogP contribution < -0.4 is 9.64 Å². The second-order valence-electron chi connectivity index (χ2n) is 7.45. The van der Waals surface area contributed by atoms with Crippen LogP contribution in [0.4, 0.5) is 5.69 Å². The second kappa shape index (κ2) is 9.37. The SMILES string of the molecule is CN(Cc1ccccc1N1CCOCC1)C(=O)C=CC1=Cc2cc(Cl)ccc2OC1. The molecule has 0 bridgehead atoms. The number of amides is 1. The first-order chi connectivity index (χ1) is 14.6. The fourth-order valence-corrected chi connectivity index (χ4v) is 3.84. The topological polar surface area (TPSA) is 42.0 Å². The number of hydrogen-bond acceptors (Lipinski definition) is 4. The van der Waals surface area contributed by atoms with Gasteiger partial charge in [-0.2, -0.15) is 0 Å². The number of nitrogens with zero attached hydrogens (tertiary/aromatic N) is 2. The molecule has 156 valence electrons. The molecule has 0 atom stereocenters. The van der Waals surface area contributed by atoms with Crippen molar-refractivity contribution in [2.75, 3.05) is 44.9 Å². The predicted molar refractivity (Wildman–Crippen MR) is 120 cm³/mol. The van der Waals surface area contributed by atoms with Gasteiger partial charge in [0.05, 0.1) is 13.2 Å². The number of ether oxygens (including phenoxy) is 2. The first-order valence-corrected chi connectivity index (χ1v) is 10.4. The average molecular weight is 425 g/mol. The summed E-state index contributed by atoms with van der Waals surface area (Å²) in [5, 5.41) is 0.661. The summed E-state index contributed by atoms with van der Waals surface area (Å²) in [7, 11) is 1.82. The summed E-state index contributed by atoms with van der Waals surface area (Å²) in [5.74, 6) is 0.754. The number of para-hydroxylation sites is 1. The molecule has 0 saturated carbocycles. The quantitative estimate of drug-likeness (QED) is 0.676. The lowest BCUT2D eigenvalue weighted by atomic mass is 10.1. The molecule has 2 aromatic carbocycles. The number of likely N-dealkylation sites (N-methyl/N-ethyl adjacent to an activating group) is 1. The minimum Gasteiger partial charge on any atom is -0.488 e. The van der Waals surface area contributed by atoms with Gasteiger partial charge >= 0.3 is 0 Å². The van der Waals surface area contributed by atoms with Crippen LogP contribution in [-0.4, -0.2) is 50.8 Å². The average Bonchev–Trinajstić information content (AvgIpc) is 2.78. The molecule has 5 nitrogen and oxygen atoms in total.